The highest BCUT2D eigenvalue weighted by molar-refractivity contribution is 6.35. The van der Waals surface area contributed by atoms with Crippen LogP contribution in [0.25, 0.3) is 0 Å². The van der Waals surface area contributed by atoms with Crippen molar-refractivity contribution in [3.63, 3.8) is 0 Å². The molecule has 0 heterocycles. The minimum atomic E-state index is -0.452. The molecule has 0 saturated heterocycles. The van der Waals surface area contributed by atoms with Crippen LogP contribution >= 0.6 is 23.2 Å². The molecule has 2 aromatic rings. The standard InChI is InChI=1S/C17H17Cl2FN2O/c1-11(17(23)21-16-6-4-3-5-15(16)20)22(2)10-12-7-8-13(18)9-14(12)19/h3-9,11H,10H2,1-2H3,(H,21,23)/p+1/t11-/m1/s1. The van der Waals surface area contributed by atoms with Crippen molar-refractivity contribution in [1.29, 1.82) is 0 Å². The molecule has 122 valence electrons. The number of benzene rings is 2. The lowest BCUT2D eigenvalue weighted by Gasteiger charge is -2.21. The Morgan fingerprint density at radius 1 is 1.26 bits per heavy atom. The van der Waals surface area contributed by atoms with E-state index in [9.17, 15) is 9.18 Å². The Hall–Kier alpha value is -1.62. The lowest BCUT2D eigenvalue weighted by Crippen LogP contribution is -3.12. The Kier molecular flexibility index (Phi) is 5.99. The molecular weight excluding hydrogens is 338 g/mol. The van der Waals surface area contributed by atoms with Crippen LogP contribution in [0.1, 0.15) is 12.5 Å². The second kappa shape index (κ2) is 7.77. The van der Waals surface area contributed by atoms with Gasteiger partial charge in [0.1, 0.15) is 12.4 Å². The number of rotatable bonds is 5. The van der Waals surface area contributed by atoms with E-state index in [0.717, 1.165) is 10.5 Å². The van der Waals surface area contributed by atoms with Crippen molar-refractivity contribution in [2.45, 2.75) is 19.5 Å². The first-order chi connectivity index (χ1) is 10.9. The Morgan fingerprint density at radius 3 is 2.61 bits per heavy atom. The van der Waals surface area contributed by atoms with Crippen LogP contribution in [-0.2, 0) is 11.3 Å². The fourth-order valence-electron chi connectivity index (χ4n) is 2.15. The number of carbonyl (C=O) groups is 1. The summed E-state index contributed by atoms with van der Waals surface area (Å²) < 4.78 is 13.6. The Labute approximate surface area is 145 Å². The topological polar surface area (TPSA) is 33.5 Å². The van der Waals surface area contributed by atoms with E-state index in [0.29, 0.717) is 16.6 Å². The first kappa shape index (κ1) is 17.7. The summed E-state index contributed by atoms with van der Waals surface area (Å²) in [7, 11) is 1.89. The highest BCUT2D eigenvalue weighted by atomic mass is 35.5. The summed E-state index contributed by atoms with van der Waals surface area (Å²) in [6.45, 7) is 2.34. The molecular formula is C17H18Cl2FN2O+. The molecule has 1 amide bonds. The average Bonchev–Trinajstić information content (AvgIpc) is 2.51. The second-order valence-corrected chi connectivity index (χ2v) is 6.29. The summed E-state index contributed by atoms with van der Waals surface area (Å²) in [5.74, 6) is -0.705. The number of hydrogen-bond acceptors (Lipinski definition) is 1. The third-order valence-corrected chi connectivity index (χ3v) is 4.34. The smallest absolute Gasteiger partial charge is 0.282 e. The molecule has 0 aliphatic rings. The van der Waals surface area contributed by atoms with Gasteiger partial charge in [0.25, 0.3) is 5.91 Å². The molecule has 2 atom stereocenters. The van der Waals surface area contributed by atoms with Crippen molar-refractivity contribution < 1.29 is 14.1 Å². The first-order valence-electron chi connectivity index (χ1n) is 7.20. The third kappa shape index (κ3) is 4.67. The van der Waals surface area contributed by atoms with Gasteiger partial charge < -0.3 is 10.2 Å². The Balaban J connectivity index is 2.02. The van der Waals surface area contributed by atoms with Crippen molar-refractivity contribution in [3.05, 3.63) is 63.9 Å². The van der Waals surface area contributed by atoms with Gasteiger partial charge in [-0.25, -0.2) is 4.39 Å². The van der Waals surface area contributed by atoms with Gasteiger partial charge in [0, 0.05) is 10.6 Å². The number of halogens is 3. The van der Waals surface area contributed by atoms with E-state index < -0.39 is 5.82 Å². The average molecular weight is 356 g/mol. The monoisotopic (exact) mass is 355 g/mol. The highest BCUT2D eigenvalue weighted by Gasteiger charge is 2.23. The Bertz CT molecular complexity index is 709. The summed E-state index contributed by atoms with van der Waals surface area (Å²) in [6.07, 6.45) is 0. The van der Waals surface area contributed by atoms with E-state index in [4.69, 9.17) is 23.2 Å². The van der Waals surface area contributed by atoms with Gasteiger partial charge >= 0.3 is 0 Å². The minimum Gasteiger partial charge on any atom is -0.324 e. The van der Waals surface area contributed by atoms with Crippen LogP contribution < -0.4 is 10.2 Å². The van der Waals surface area contributed by atoms with Crippen molar-refractivity contribution in [1.82, 2.24) is 0 Å². The molecule has 1 unspecified atom stereocenters. The third-order valence-electron chi connectivity index (χ3n) is 3.75. The van der Waals surface area contributed by atoms with E-state index in [2.05, 4.69) is 5.32 Å². The maximum absolute atomic E-state index is 13.6. The number of nitrogens with one attached hydrogen (secondary N) is 2. The maximum atomic E-state index is 13.6. The van der Waals surface area contributed by atoms with Crippen LogP contribution in [0.15, 0.2) is 42.5 Å². The number of quaternary nitrogens is 1. The van der Waals surface area contributed by atoms with E-state index in [1.807, 2.05) is 13.1 Å². The summed E-state index contributed by atoms with van der Waals surface area (Å²) in [4.78, 5) is 13.2. The molecule has 6 heteroatoms. The largest absolute Gasteiger partial charge is 0.324 e. The van der Waals surface area contributed by atoms with Crippen LogP contribution in [0.5, 0.6) is 0 Å². The first-order valence-corrected chi connectivity index (χ1v) is 7.95. The normalized spacial score (nSPS) is 13.4. The Morgan fingerprint density at radius 2 is 1.96 bits per heavy atom. The zero-order valence-corrected chi connectivity index (χ0v) is 14.4. The van der Waals surface area contributed by atoms with Crippen molar-refractivity contribution >= 4 is 34.8 Å². The molecule has 3 nitrogen and oxygen atoms in total. The van der Waals surface area contributed by atoms with Gasteiger partial charge in [-0.05, 0) is 31.2 Å². The number of anilines is 1. The molecule has 0 aromatic heterocycles. The number of para-hydroxylation sites is 1. The van der Waals surface area contributed by atoms with Gasteiger partial charge in [0.15, 0.2) is 6.04 Å². The van der Waals surface area contributed by atoms with Crippen LogP contribution in [0.4, 0.5) is 10.1 Å². The van der Waals surface area contributed by atoms with Gasteiger partial charge in [-0.2, -0.15) is 0 Å². The second-order valence-electron chi connectivity index (χ2n) is 5.45. The summed E-state index contributed by atoms with van der Waals surface area (Å²) in [5, 5.41) is 3.75. The van der Waals surface area contributed by atoms with Gasteiger partial charge in [-0.15, -0.1) is 0 Å². The molecule has 0 fully saturated rings. The summed E-state index contributed by atoms with van der Waals surface area (Å²) in [6, 6.07) is 11.0. The van der Waals surface area contributed by atoms with E-state index in [1.165, 1.54) is 12.1 Å². The molecule has 0 bridgehead atoms. The van der Waals surface area contributed by atoms with Gasteiger partial charge in [0.2, 0.25) is 0 Å². The van der Waals surface area contributed by atoms with Gasteiger partial charge in [-0.3, -0.25) is 4.79 Å². The lowest BCUT2D eigenvalue weighted by molar-refractivity contribution is -0.907. The predicted molar refractivity (Wildman–Crippen MR) is 91.5 cm³/mol. The molecule has 2 N–H and O–H groups in total. The number of amides is 1. The molecule has 0 radical (unpaired) electrons. The van der Waals surface area contributed by atoms with Crippen LogP contribution in [-0.4, -0.2) is 19.0 Å². The molecule has 0 aliphatic carbocycles. The minimum absolute atomic E-state index is 0.182. The van der Waals surface area contributed by atoms with E-state index in [1.54, 1.807) is 31.2 Å². The molecule has 2 rings (SSSR count). The van der Waals surface area contributed by atoms with Crippen LogP contribution in [0.3, 0.4) is 0 Å². The number of likely N-dealkylation sites (N-methyl/N-ethyl adjacent to an activating group) is 1. The fraction of sp³-hybridized carbons (Fsp3) is 0.235. The van der Waals surface area contributed by atoms with Crippen molar-refractivity contribution in [2.24, 2.45) is 0 Å². The van der Waals surface area contributed by atoms with Crippen molar-refractivity contribution in [2.75, 3.05) is 12.4 Å². The lowest BCUT2D eigenvalue weighted by atomic mass is 10.2. The van der Waals surface area contributed by atoms with E-state index in [-0.39, 0.29) is 17.6 Å². The summed E-state index contributed by atoms with van der Waals surface area (Å²) in [5.41, 5.74) is 1.08. The molecule has 2 aromatic carbocycles. The van der Waals surface area contributed by atoms with Crippen molar-refractivity contribution in [3.8, 4) is 0 Å². The van der Waals surface area contributed by atoms with Gasteiger partial charge in [-0.1, -0.05) is 41.4 Å². The van der Waals surface area contributed by atoms with Gasteiger partial charge in [0.05, 0.1) is 17.8 Å². The number of hydrogen-bond donors (Lipinski definition) is 2. The summed E-state index contributed by atoms with van der Waals surface area (Å²) >= 11 is 12.0. The highest BCUT2D eigenvalue weighted by Crippen LogP contribution is 2.20. The maximum Gasteiger partial charge on any atom is 0.282 e. The zero-order valence-electron chi connectivity index (χ0n) is 12.9. The van der Waals surface area contributed by atoms with Crippen LogP contribution in [0, 0.1) is 5.82 Å². The predicted octanol–water partition coefficient (Wildman–Crippen LogP) is 3.17. The quantitative estimate of drug-likeness (QED) is 0.848. The van der Waals surface area contributed by atoms with Crippen LogP contribution in [0.2, 0.25) is 10.0 Å². The molecule has 23 heavy (non-hydrogen) atoms. The molecule has 0 spiro atoms. The fourth-order valence-corrected chi connectivity index (χ4v) is 2.62. The SMILES string of the molecule is C[C@H](C(=O)Nc1ccccc1F)[NH+](C)Cc1ccc(Cl)cc1Cl. The number of carbonyl (C=O) groups excluding carboxylic acids is 1. The zero-order chi connectivity index (χ0) is 17.0. The van der Waals surface area contributed by atoms with E-state index >= 15 is 0 Å². The molecule has 0 aliphatic heterocycles. The molecule has 0 saturated carbocycles.